The molecule has 1 N–H and O–H groups in total. The first kappa shape index (κ1) is 14.6. The van der Waals surface area contributed by atoms with Crippen LogP contribution in [-0.4, -0.2) is 44.7 Å². The summed E-state index contributed by atoms with van der Waals surface area (Å²) in [5.41, 5.74) is 0. The number of nitrogens with zero attached hydrogens (tertiary/aromatic N) is 1. The molecule has 96 valence electrons. The molecule has 0 aromatic carbocycles. The van der Waals surface area contributed by atoms with Gasteiger partial charge < -0.3 is 10.1 Å². The van der Waals surface area contributed by atoms with Crippen molar-refractivity contribution in [3.63, 3.8) is 0 Å². The van der Waals surface area contributed by atoms with E-state index in [1.54, 1.807) is 18.4 Å². The Morgan fingerprint density at radius 3 is 3.00 bits per heavy atom. The molecule has 0 atom stereocenters. The van der Waals surface area contributed by atoms with E-state index in [-0.39, 0.29) is 5.91 Å². The largest absolute Gasteiger partial charge is 0.383 e. The first-order chi connectivity index (χ1) is 8.11. The minimum absolute atomic E-state index is 0.0279. The highest BCUT2D eigenvalue weighted by Crippen LogP contribution is 2.20. The molecule has 0 unspecified atom stereocenters. The predicted molar refractivity (Wildman–Crippen MR) is 73.2 cm³/mol. The molecule has 0 saturated heterocycles. The normalized spacial score (nSPS) is 10.8. The van der Waals surface area contributed by atoms with Crippen LogP contribution in [0.4, 0.5) is 0 Å². The summed E-state index contributed by atoms with van der Waals surface area (Å²) >= 11 is 5.10. The van der Waals surface area contributed by atoms with E-state index >= 15 is 0 Å². The van der Waals surface area contributed by atoms with E-state index in [4.69, 9.17) is 4.74 Å². The number of likely N-dealkylation sites (N-methyl/N-ethyl adjacent to an activating group) is 1. The first-order valence-electron chi connectivity index (χ1n) is 5.29. The first-order valence-corrected chi connectivity index (χ1v) is 6.96. The second kappa shape index (κ2) is 7.81. The molecule has 0 fully saturated rings. The fourth-order valence-corrected chi connectivity index (χ4v) is 2.88. The fraction of sp³-hybridized carbons (Fsp3) is 0.545. The number of nitrogens with one attached hydrogen (secondary N) is 1. The van der Waals surface area contributed by atoms with E-state index < -0.39 is 0 Å². The van der Waals surface area contributed by atoms with Crippen molar-refractivity contribution in [1.82, 2.24) is 10.2 Å². The van der Waals surface area contributed by atoms with Gasteiger partial charge in [0.25, 0.3) is 0 Å². The zero-order valence-electron chi connectivity index (χ0n) is 10.0. The number of carbonyl (C=O) groups is 1. The van der Waals surface area contributed by atoms with Gasteiger partial charge in [0.2, 0.25) is 5.91 Å². The second-order valence-electron chi connectivity index (χ2n) is 3.75. The highest BCUT2D eigenvalue weighted by atomic mass is 79.9. The Morgan fingerprint density at radius 1 is 1.65 bits per heavy atom. The lowest BCUT2D eigenvalue weighted by molar-refractivity contribution is -0.122. The van der Waals surface area contributed by atoms with E-state index in [2.05, 4.69) is 27.3 Å². The average Bonchev–Trinajstić information content (AvgIpc) is 2.64. The lowest BCUT2D eigenvalue weighted by Gasteiger charge is -2.15. The molecule has 1 aromatic rings. The topological polar surface area (TPSA) is 41.6 Å². The van der Waals surface area contributed by atoms with Gasteiger partial charge in [-0.25, -0.2) is 0 Å². The van der Waals surface area contributed by atoms with Gasteiger partial charge in [0.1, 0.15) is 0 Å². The molecule has 0 aliphatic rings. The molecule has 0 spiro atoms. The van der Waals surface area contributed by atoms with Crippen LogP contribution in [0.3, 0.4) is 0 Å². The SMILES string of the molecule is COCCNC(=O)CN(C)Cc1cc(Br)cs1. The van der Waals surface area contributed by atoms with Crippen molar-refractivity contribution in [3.05, 3.63) is 20.8 Å². The Kier molecular flexibility index (Phi) is 6.72. The Morgan fingerprint density at radius 2 is 2.41 bits per heavy atom. The highest BCUT2D eigenvalue weighted by molar-refractivity contribution is 9.10. The quantitative estimate of drug-likeness (QED) is 0.778. The van der Waals surface area contributed by atoms with Crippen molar-refractivity contribution in [1.29, 1.82) is 0 Å². The summed E-state index contributed by atoms with van der Waals surface area (Å²) in [6.45, 7) is 2.30. The van der Waals surface area contributed by atoms with E-state index in [1.165, 1.54) is 4.88 Å². The Labute approximate surface area is 114 Å². The van der Waals surface area contributed by atoms with Crippen LogP contribution < -0.4 is 5.32 Å². The minimum atomic E-state index is 0.0279. The van der Waals surface area contributed by atoms with Gasteiger partial charge in [0.05, 0.1) is 13.2 Å². The monoisotopic (exact) mass is 320 g/mol. The summed E-state index contributed by atoms with van der Waals surface area (Å²) in [6.07, 6.45) is 0. The number of amides is 1. The third kappa shape index (κ3) is 6.16. The van der Waals surface area contributed by atoms with Crippen LogP contribution >= 0.6 is 27.3 Å². The van der Waals surface area contributed by atoms with Crippen LogP contribution in [0.2, 0.25) is 0 Å². The maximum Gasteiger partial charge on any atom is 0.234 e. The number of carbonyl (C=O) groups excluding carboxylic acids is 1. The summed E-state index contributed by atoms with van der Waals surface area (Å²) < 4.78 is 5.96. The summed E-state index contributed by atoms with van der Waals surface area (Å²) in [5.74, 6) is 0.0279. The Balaban J connectivity index is 2.24. The predicted octanol–water partition coefficient (Wildman–Crippen LogP) is 1.71. The van der Waals surface area contributed by atoms with Crippen molar-refractivity contribution in [2.75, 3.05) is 33.9 Å². The van der Waals surface area contributed by atoms with Crippen LogP contribution in [0, 0.1) is 0 Å². The zero-order chi connectivity index (χ0) is 12.7. The van der Waals surface area contributed by atoms with Crippen LogP contribution in [-0.2, 0) is 16.1 Å². The maximum absolute atomic E-state index is 11.5. The highest BCUT2D eigenvalue weighted by Gasteiger charge is 2.07. The third-order valence-electron chi connectivity index (χ3n) is 2.09. The van der Waals surface area contributed by atoms with Gasteiger partial charge in [-0.1, -0.05) is 0 Å². The minimum Gasteiger partial charge on any atom is -0.383 e. The molecule has 0 radical (unpaired) electrons. The van der Waals surface area contributed by atoms with Crippen LogP contribution in [0.1, 0.15) is 4.88 Å². The number of methoxy groups -OCH3 is 1. The number of thiophene rings is 1. The van der Waals surface area contributed by atoms with Crippen molar-refractivity contribution < 1.29 is 9.53 Å². The van der Waals surface area contributed by atoms with Gasteiger partial charge in [0.15, 0.2) is 0 Å². The van der Waals surface area contributed by atoms with Gasteiger partial charge in [-0.05, 0) is 29.0 Å². The number of halogens is 1. The molecule has 1 heterocycles. The van der Waals surface area contributed by atoms with E-state index in [0.717, 1.165) is 11.0 Å². The number of ether oxygens (including phenoxy) is 1. The molecule has 6 heteroatoms. The second-order valence-corrected chi connectivity index (χ2v) is 5.66. The number of hydrogen-bond acceptors (Lipinski definition) is 4. The Bertz CT molecular complexity index is 357. The molecule has 0 aliphatic heterocycles. The van der Waals surface area contributed by atoms with Gasteiger partial charge in [-0.15, -0.1) is 11.3 Å². The van der Waals surface area contributed by atoms with Crippen molar-refractivity contribution in [3.8, 4) is 0 Å². The van der Waals surface area contributed by atoms with E-state index in [1.807, 2.05) is 17.3 Å². The molecule has 4 nitrogen and oxygen atoms in total. The molecular formula is C11H17BrN2O2S. The molecule has 0 aliphatic carbocycles. The molecule has 1 rings (SSSR count). The van der Waals surface area contributed by atoms with Gasteiger partial charge in [-0.2, -0.15) is 0 Å². The summed E-state index contributed by atoms with van der Waals surface area (Å²) in [7, 11) is 3.55. The number of rotatable bonds is 7. The molecule has 17 heavy (non-hydrogen) atoms. The lowest BCUT2D eigenvalue weighted by atomic mass is 10.4. The zero-order valence-corrected chi connectivity index (χ0v) is 12.4. The van der Waals surface area contributed by atoms with Gasteiger partial charge >= 0.3 is 0 Å². The molecule has 0 bridgehead atoms. The van der Waals surface area contributed by atoms with Crippen LogP contribution in [0.15, 0.2) is 15.9 Å². The standard InChI is InChI=1S/C11H17BrN2O2S/c1-14(6-10-5-9(12)8-17-10)7-11(15)13-3-4-16-2/h5,8H,3-4,6-7H2,1-2H3,(H,13,15). The smallest absolute Gasteiger partial charge is 0.234 e. The summed E-state index contributed by atoms with van der Waals surface area (Å²) in [4.78, 5) is 14.7. The lowest BCUT2D eigenvalue weighted by Crippen LogP contribution is -2.36. The third-order valence-corrected chi connectivity index (χ3v) is 3.77. The maximum atomic E-state index is 11.5. The molecule has 1 amide bonds. The molecular weight excluding hydrogens is 304 g/mol. The van der Waals surface area contributed by atoms with Crippen molar-refractivity contribution >= 4 is 33.2 Å². The molecule has 1 aromatic heterocycles. The fourth-order valence-electron chi connectivity index (χ4n) is 1.35. The van der Waals surface area contributed by atoms with Crippen molar-refractivity contribution in [2.45, 2.75) is 6.54 Å². The van der Waals surface area contributed by atoms with Gasteiger partial charge in [0, 0.05) is 34.9 Å². The summed E-state index contributed by atoms with van der Waals surface area (Å²) in [5, 5.41) is 4.84. The van der Waals surface area contributed by atoms with Crippen LogP contribution in [0.25, 0.3) is 0 Å². The van der Waals surface area contributed by atoms with E-state index in [0.29, 0.717) is 19.7 Å². The van der Waals surface area contributed by atoms with Gasteiger partial charge in [-0.3, -0.25) is 9.69 Å². The van der Waals surface area contributed by atoms with Crippen LogP contribution in [0.5, 0.6) is 0 Å². The number of hydrogen-bond donors (Lipinski definition) is 1. The average molecular weight is 321 g/mol. The van der Waals surface area contributed by atoms with Crippen molar-refractivity contribution in [2.24, 2.45) is 0 Å². The van der Waals surface area contributed by atoms with E-state index in [9.17, 15) is 4.79 Å². The Hall–Kier alpha value is -0.430. The molecule has 0 saturated carbocycles. The summed E-state index contributed by atoms with van der Waals surface area (Å²) in [6, 6.07) is 2.07.